The van der Waals surface area contributed by atoms with Gasteiger partial charge in [-0.1, -0.05) is 30.3 Å². The van der Waals surface area contributed by atoms with Gasteiger partial charge in [-0.05, 0) is 42.0 Å². The number of carbonyl (C=O) groups excluding carboxylic acids is 3. The van der Waals surface area contributed by atoms with Crippen molar-refractivity contribution < 1.29 is 23.5 Å². The molecule has 0 spiro atoms. The Morgan fingerprint density at radius 3 is 2.41 bits per heavy atom. The summed E-state index contributed by atoms with van der Waals surface area (Å²) in [6, 6.07) is 20.3. The van der Waals surface area contributed by atoms with Crippen LogP contribution in [0.25, 0.3) is 21.9 Å². The first-order valence-electron chi connectivity index (χ1n) is 10.3. The van der Waals surface area contributed by atoms with Crippen molar-refractivity contribution in [3.8, 4) is 5.75 Å². The molecule has 1 saturated heterocycles. The van der Waals surface area contributed by atoms with Gasteiger partial charge in [-0.3, -0.25) is 19.3 Å². The molecule has 32 heavy (non-hydrogen) atoms. The van der Waals surface area contributed by atoms with Crippen LogP contribution in [0, 0.1) is 0 Å². The zero-order valence-electron chi connectivity index (χ0n) is 17.2. The van der Waals surface area contributed by atoms with Gasteiger partial charge < -0.3 is 14.5 Å². The van der Waals surface area contributed by atoms with Gasteiger partial charge in [-0.2, -0.15) is 0 Å². The van der Waals surface area contributed by atoms with Gasteiger partial charge in [0.25, 0.3) is 5.91 Å². The van der Waals surface area contributed by atoms with Gasteiger partial charge in [0.05, 0.1) is 6.54 Å². The van der Waals surface area contributed by atoms with Crippen molar-refractivity contribution in [2.45, 2.75) is 19.4 Å². The van der Waals surface area contributed by atoms with Gasteiger partial charge in [0.2, 0.25) is 11.8 Å². The number of rotatable bonds is 6. The highest BCUT2D eigenvalue weighted by molar-refractivity contribution is 6.05. The van der Waals surface area contributed by atoms with Crippen molar-refractivity contribution in [1.82, 2.24) is 4.90 Å². The second kappa shape index (κ2) is 8.19. The Morgan fingerprint density at radius 1 is 0.906 bits per heavy atom. The Hall–Kier alpha value is -4.13. The number of nitrogens with zero attached hydrogens (tertiary/aromatic N) is 1. The molecule has 2 heterocycles. The van der Waals surface area contributed by atoms with Crippen molar-refractivity contribution >= 4 is 45.3 Å². The molecule has 4 aromatic rings. The molecule has 0 atom stereocenters. The third-order valence-corrected chi connectivity index (χ3v) is 5.45. The van der Waals surface area contributed by atoms with Crippen molar-refractivity contribution in [3.05, 3.63) is 72.3 Å². The summed E-state index contributed by atoms with van der Waals surface area (Å²) in [5, 5.41) is 4.71. The first-order chi connectivity index (χ1) is 15.6. The summed E-state index contributed by atoms with van der Waals surface area (Å²) in [5.41, 5.74) is 3.00. The van der Waals surface area contributed by atoms with E-state index < -0.39 is 0 Å². The summed E-state index contributed by atoms with van der Waals surface area (Å²) in [6.07, 6.45) is 0.549. The molecule has 1 fully saturated rings. The number of benzene rings is 3. The van der Waals surface area contributed by atoms with E-state index in [1.165, 1.54) is 4.90 Å². The van der Waals surface area contributed by atoms with Crippen LogP contribution in [-0.4, -0.2) is 29.2 Å². The maximum absolute atomic E-state index is 12.3. The van der Waals surface area contributed by atoms with Gasteiger partial charge >= 0.3 is 0 Å². The number of anilines is 1. The number of carbonyl (C=O) groups is 3. The van der Waals surface area contributed by atoms with E-state index >= 15 is 0 Å². The molecule has 1 aliphatic heterocycles. The van der Waals surface area contributed by atoms with E-state index in [-0.39, 0.29) is 43.7 Å². The molecule has 0 saturated carbocycles. The van der Waals surface area contributed by atoms with Crippen molar-refractivity contribution in [3.63, 3.8) is 0 Å². The van der Waals surface area contributed by atoms with Crippen LogP contribution in [-0.2, 0) is 20.9 Å². The van der Waals surface area contributed by atoms with Gasteiger partial charge in [0.1, 0.15) is 16.9 Å². The Bertz CT molecular complexity index is 1320. The smallest absolute Gasteiger partial charge is 0.262 e. The highest BCUT2D eigenvalue weighted by Gasteiger charge is 2.28. The van der Waals surface area contributed by atoms with Crippen LogP contribution in [0.15, 0.2) is 71.1 Å². The highest BCUT2D eigenvalue weighted by atomic mass is 16.5. The molecule has 3 aromatic carbocycles. The van der Waals surface area contributed by atoms with Gasteiger partial charge in [0.15, 0.2) is 6.61 Å². The summed E-state index contributed by atoms with van der Waals surface area (Å²) in [5.74, 6) is -0.00781. The molecule has 1 N–H and O–H groups in total. The first kappa shape index (κ1) is 19.8. The summed E-state index contributed by atoms with van der Waals surface area (Å²) in [6.45, 7) is 0.111. The Balaban J connectivity index is 1.19. The van der Waals surface area contributed by atoms with E-state index in [1.54, 1.807) is 30.3 Å². The van der Waals surface area contributed by atoms with E-state index in [9.17, 15) is 14.4 Å². The van der Waals surface area contributed by atoms with E-state index in [0.29, 0.717) is 11.4 Å². The molecule has 7 heteroatoms. The summed E-state index contributed by atoms with van der Waals surface area (Å²) in [4.78, 5) is 37.1. The maximum atomic E-state index is 12.3. The number of para-hydroxylation sites is 1. The Morgan fingerprint density at radius 2 is 1.62 bits per heavy atom. The molecule has 7 nitrogen and oxygen atoms in total. The molecular formula is C25H20N2O5. The molecule has 5 rings (SSSR count). The molecule has 160 valence electrons. The largest absolute Gasteiger partial charge is 0.484 e. The van der Waals surface area contributed by atoms with E-state index in [2.05, 4.69) is 5.32 Å². The van der Waals surface area contributed by atoms with Crippen LogP contribution in [0.3, 0.4) is 0 Å². The number of hydrogen-bond donors (Lipinski definition) is 1. The summed E-state index contributed by atoms with van der Waals surface area (Å²) >= 11 is 0. The van der Waals surface area contributed by atoms with E-state index in [1.807, 2.05) is 36.4 Å². The normalized spacial score (nSPS) is 13.8. The predicted molar refractivity (Wildman–Crippen MR) is 119 cm³/mol. The lowest BCUT2D eigenvalue weighted by molar-refractivity contribution is -0.139. The minimum Gasteiger partial charge on any atom is -0.484 e. The Labute approximate surface area is 183 Å². The van der Waals surface area contributed by atoms with Crippen LogP contribution >= 0.6 is 0 Å². The van der Waals surface area contributed by atoms with Crippen molar-refractivity contribution in [2.24, 2.45) is 0 Å². The average molecular weight is 428 g/mol. The number of ether oxygens (including phenoxy) is 1. The summed E-state index contributed by atoms with van der Waals surface area (Å²) < 4.78 is 11.5. The lowest BCUT2D eigenvalue weighted by Gasteiger charge is -2.14. The molecule has 1 aliphatic rings. The number of fused-ring (bicyclic) bond motifs is 3. The topological polar surface area (TPSA) is 88.8 Å². The van der Waals surface area contributed by atoms with E-state index in [4.69, 9.17) is 9.15 Å². The van der Waals surface area contributed by atoms with Crippen LogP contribution < -0.4 is 10.1 Å². The van der Waals surface area contributed by atoms with Gasteiger partial charge in [-0.25, -0.2) is 0 Å². The Kier molecular flexibility index (Phi) is 5.07. The van der Waals surface area contributed by atoms with Crippen molar-refractivity contribution in [1.29, 1.82) is 0 Å². The lowest BCUT2D eigenvalue weighted by Crippen LogP contribution is -2.28. The zero-order valence-corrected chi connectivity index (χ0v) is 17.2. The molecule has 1 aromatic heterocycles. The van der Waals surface area contributed by atoms with Crippen LogP contribution in [0.4, 0.5) is 5.69 Å². The van der Waals surface area contributed by atoms with Gasteiger partial charge in [-0.15, -0.1) is 0 Å². The fourth-order valence-corrected chi connectivity index (χ4v) is 3.82. The van der Waals surface area contributed by atoms with Crippen LogP contribution in [0.5, 0.6) is 5.75 Å². The third-order valence-electron chi connectivity index (χ3n) is 5.45. The standard InChI is InChI=1S/C25H20N2O5/c28-23(26-17-7-5-16(6-8-17)14-27-24(29)11-12-25(27)30)15-31-18-9-10-22-20(13-18)19-3-1-2-4-21(19)32-22/h1-10,13H,11-12,14-15H2,(H,26,28). The van der Waals surface area contributed by atoms with Crippen LogP contribution in [0.2, 0.25) is 0 Å². The number of amides is 3. The molecule has 0 unspecified atom stereocenters. The average Bonchev–Trinajstić information content (AvgIpc) is 3.33. The fraction of sp³-hybridized carbons (Fsp3) is 0.160. The second-order valence-electron chi connectivity index (χ2n) is 7.66. The van der Waals surface area contributed by atoms with E-state index in [0.717, 1.165) is 27.5 Å². The van der Waals surface area contributed by atoms with Gasteiger partial charge in [0, 0.05) is 29.3 Å². The second-order valence-corrected chi connectivity index (χ2v) is 7.66. The first-order valence-corrected chi connectivity index (χ1v) is 10.3. The third kappa shape index (κ3) is 3.92. The molecule has 0 aliphatic carbocycles. The number of imide groups is 1. The minimum absolute atomic E-state index is 0.139. The maximum Gasteiger partial charge on any atom is 0.262 e. The molecular weight excluding hydrogens is 408 g/mol. The monoisotopic (exact) mass is 428 g/mol. The molecule has 0 bridgehead atoms. The number of hydrogen-bond acceptors (Lipinski definition) is 5. The highest BCUT2D eigenvalue weighted by Crippen LogP contribution is 2.31. The predicted octanol–water partition coefficient (Wildman–Crippen LogP) is 4.25. The quantitative estimate of drug-likeness (QED) is 0.464. The van der Waals surface area contributed by atoms with Crippen molar-refractivity contribution in [2.75, 3.05) is 11.9 Å². The number of nitrogens with one attached hydrogen (secondary N) is 1. The SMILES string of the molecule is O=C(COc1ccc2oc3ccccc3c2c1)Nc1ccc(CN2C(=O)CCC2=O)cc1. The number of furan rings is 1. The molecule has 0 radical (unpaired) electrons. The minimum atomic E-state index is -0.292. The number of likely N-dealkylation sites (tertiary alicyclic amines) is 1. The summed E-state index contributed by atoms with van der Waals surface area (Å²) in [7, 11) is 0. The zero-order chi connectivity index (χ0) is 22.1. The molecule has 3 amide bonds. The van der Waals surface area contributed by atoms with Crippen LogP contribution in [0.1, 0.15) is 18.4 Å². The fourth-order valence-electron chi connectivity index (χ4n) is 3.82. The lowest BCUT2D eigenvalue weighted by atomic mass is 10.1.